The molecule has 3 unspecified atom stereocenters. The Hall–Kier alpha value is -6.52. The smallest absolute Gasteiger partial charge is 0.201 e. The molecular weight excluding hydrogens is 909 g/mol. The average Bonchev–Trinajstić information content (AvgIpc) is 0.783. The van der Waals surface area contributed by atoms with E-state index in [9.17, 15) is 0 Å². The molecule has 0 N–H and O–H groups in total. The summed E-state index contributed by atoms with van der Waals surface area (Å²) in [5.74, 6) is -4.57. The van der Waals surface area contributed by atoms with Crippen molar-refractivity contribution in [3.63, 3.8) is 0 Å². The molecule has 0 saturated carbocycles. The minimum atomic E-state index is -2.45. The first-order valence-corrected chi connectivity index (χ1v) is 25.4. The van der Waals surface area contributed by atoms with Crippen molar-refractivity contribution >= 4 is 0 Å². The molecule has 8 rings (SSSR count). The Morgan fingerprint density at radius 2 is 0.707 bits per heavy atom. The minimum absolute atomic E-state index is 0.303. The maximum absolute atomic E-state index is 8.25. The maximum atomic E-state index is 8.25. The van der Waals surface area contributed by atoms with Crippen LogP contribution in [0.4, 0.5) is 0 Å². The van der Waals surface area contributed by atoms with Crippen LogP contribution in [0, 0.1) is 75.9 Å². The lowest BCUT2D eigenvalue weighted by Gasteiger charge is -2.11. The highest BCUT2D eigenvalue weighted by Crippen LogP contribution is 2.29. The van der Waals surface area contributed by atoms with Gasteiger partial charge in [0, 0.05) is 97.6 Å². The van der Waals surface area contributed by atoms with Gasteiger partial charge in [0.2, 0.25) is 22.8 Å². The Balaban J connectivity index is 0.000000233. The van der Waals surface area contributed by atoms with Gasteiger partial charge in [-0.25, -0.2) is 18.3 Å². The molecule has 8 aromatic rings. The average molecular weight is 1020 g/mol. The van der Waals surface area contributed by atoms with Gasteiger partial charge >= 0.3 is 0 Å². The summed E-state index contributed by atoms with van der Waals surface area (Å²) in [7, 11) is 7.49. The predicted octanol–water partition coefficient (Wildman–Crippen LogP) is 16.6. The first-order chi connectivity index (χ1) is 43.5. The molecule has 4 aromatic carbocycles. The Morgan fingerprint density at radius 3 is 1.12 bits per heavy atom. The van der Waals surface area contributed by atoms with Crippen molar-refractivity contribution in [2.75, 3.05) is 0 Å². The topological polar surface area (TPSA) is 15.5 Å². The fourth-order valence-corrected chi connectivity index (χ4v) is 9.21. The summed E-state index contributed by atoms with van der Waals surface area (Å²) in [6, 6.07) is 31.4. The van der Waals surface area contributed by atoms with E-state index in [1.807, 2.05) is 32.9 Å². The van der Waals surface area contributed by atoms with E-state index in [2.05, 4.69) is 76.7 Å². The second kappa shape index (κ2) is 25.8. The normalized spacial score (nSPS) is 18.6. The zero-order valence-electron chi connectivity index (χ0n) is 68.5. The van der Waals surface area contributed by atoms with Crippen molar-refractivity contribution in [3.05, 3.63) is 211 Å². The number of pyridine rings is 4. The van der Waals surface area contributed by atoms with Crippen molar-refractivity contribution < 1.29 is 47.1 Å². The number of benzene rings is 4. The molecule has 0 aliphatic rings. The van der Waals surface area contributed by atoms with Gasteiger partial charge in [0.05, 0.1) is 0 Å². The quantitative estimate of drug-likeness (QED) is 0.135. The van der Waals surface area contributed by atoms with Crippen LogP contribution < -0.4 is 18.3 Å². The van der Waals surface area contributed by atoms with E-state index in [4.69, 9.17) is 28.8 Å². The van der Waals surface area contributed by atoms with Crippen molar-refractivity contribution in [1.82, 2.24) is 0 Å². The summed E-state index contributed by atoms with van der Waals surface area (Å²) >= 11 is 0. The Kier molecular flexibility index (Phi) is 12.3. The third-order valence-corrected chi connectivity index (χ3v) is 13.7. The second-order valence-electron chi connectivity index (χ2n) is 20.5. The van der Waals surface area contributed by atoms with Gasteiger partial charge in [-0.3, -0.25) is 0 Å². The largest absolute Gasteiger partial charge is 0.212 e. The number of aromatic nitrogens is 4. The van der Waals surface area contributed by atoms with Crippen LogP contribution in [0.5, 0.6) is 0 Å². The van der Waals surface area contributed by atoms with Gasteiger partial charge in [0.25, 0.3) is 0 Å². The van der Waals surface area contributed by atoms with Gasteiger partial charge in [-0.15, -0.1) is 0 Å². The molecule has 4 heteroatoms. The lowest BCUT2D eigenvalue weighted by Crippen LogP contribution is -2.32. The fourth-order valence-electron chi connectivity index (χ4n) is 9.21. The van der Waals surface area contributed by atoms with Crippen LogP contribution in [0.3, 0.4) is 0 Å². The van der Waals surface area contributed by atoms with Gasteiger partial charge < -0.3 is 0 Å². The molecule has 0 aliphatic carbocycles. The molecule has 0 aliphatic heterocycles. The molecule has 4 aromatic heterocycles. The second-order valence-corrected chi connectivity index (χ2v) is 20.5. The van der Waals surface area contributed by atoms with E-state index in [1.165, 1.54) is 54.3 Å². The molecule has 0 amide bonds. The summed E-state index contributed by atoms with van der Waals surface area (Å²) in [4.78, 5) is 0. The summed E-state index contributed by atoms with van der Waals surface area (Å²) in [6.45, 7) is 10.5. The van der Waals surface area contributed by atoms with Crippen molar-refractivity contribution in [1.29, 1.82) is 0 Å². The number of hydrogen-bond donors (Lipinski definition) is 0. The van der Waals surface area contributed by atoms with E-state index in [0.717, 1.165) is 50.5 Å². The number of rotatable bonds is 8. The molecule has 0 bridgehead atoms. The van der Waals surface area contributed by atoms with Crippen LogP contribution in [-0.4, -0.2) is 0 Å². The maximum Gasteiger partial charge on any atom is 0.212 e. The summed E-state index contributed by atoms with van der Waals surface area (Å²) < 4.78 is 169. The van der Waals surface area contributed by atoms with Crippen LogP contribution in [0.2, 0.25) is 0 Å². The van der Waals surface area contributed by atoms with Crippen LogP contribution in [-0.2, 0) is 28.2 Å². The first-order valence-electron chi connectivity index (χ1n) is 35.9. The van der Waals surface area contributed by atoms with Gasteiger partial charge in [-0.2, -0.15) is 0 Å². The van der Waals surface area contributed by atoms with E-state index >= 15 is 0 Å². The molecule has 0 fully saturated rings. The highest BCUT2D eigenvalue weighted by molar-refractivity contribution is 5.65. The van der Waals surface area contributed by atoms with Gasteiger partial charge in [0.1, 0.15) is 28.2 Å². The first kappa shape index (κ1) is 35.7. The Morgan fingerprint density at radius 1 is 0.333 bits per heavy atom. The minimum Gasteiger partial charge on any atom is -0.201 e. The molecule has 75 heavy (non-hydrogen) atoms. The van der Waals surface area contributed by atoms with Gasteiger partial charge in [-0.05, 0) is 180 Å². The SMILES string of the molecule is Cc1ccc(-c2cc(C)c(C(C)C)c[n+]2C)c(C)c1.[2H]C([2H])([2H])C([2H])(C)c1ccc(-c2ccc(C([2H])(C)C([2H])([2H])[2H])c[n+]2C)c(C)c1.[2H]C([2H])([2H])c1c[n+](C)c(-c2ccc(C([2H])(C)C([2H])([2H])[2H])cc2C)cc1C.[2H]C([2H])([2H])c1ccc(-c2cc(C)c(C([2H])([2H])[2H])c[n+]2C)c(C)c1. The van der Waals surface area contributed by atoms with Crippen LogP contribution in [0.25, 0.3) is 45.0 Å². The van der Waals surface area contributed by atoms with Crippen molar-refractivity contribution in [2.24, 2.45) is 28.2 Å². The third-order valence-electron chi connectivity index (χ3n) is 13.7. The molecule has 0 radical (unpaired) electrons. The lowest BCUT2D eigenvalue weighted by molar-refractivity contribution is -0.661. The standard InChI is InChI=1S/C19H26N.2C18H24N.C16H20N/c1-13(2)16-7-9-18(15(5)11-16)19-10-8-17(14(3)4)12-20(19)6;1-12(2)16-7-8-17(14(4)9-16)18-10-13(3)15(5)11-19(18)6;1-12(2)17-11-19(6)18(10-15(17)5)16-8-7-13(3)9-14(16)4;1-11-6-7-15(13(3)8-11)16-9-12(2)14(4)10-17(16)5/h7-14H,1-6H3;2*7-12H,1-6H3;6-10H,1-5H3/q4*+1/i1D3,3D3,13D,14D;1D3,5D3,12D;;1D3,4D3. The van der Waals surface area contributed by atoms with Crippen molar-refractivity contribution in [2.45, 2.75) is 155 Å². The van der Waals surface area contributed by atoms with E-state index < -0.39 is 58.8 Å². The lowest BCUT2D eigenvalue weighted by atomic mass is 9.95. The summed E-state index contributed by atoms with van der Waals surface area (Å²) in [5, 5.41) is 0. The molecule has 0 spiro atoms. The molecule has 3 atom stereocenters. The molecule has 0 saturated heterocycles. The Labute approximate surface area is 485 Å². The van der Waals surface area contributed by atoms with Gasteiger partial charge in [-0.1, -0.05) is 115 Å². The van der Waals surface area contributed by atoms with Crippen LogP contribution >= 0.6 is 0 Å². The summed E-state index contributed by atoms with van der Waals surface area (Å²) in [6.07, 6.45) is 7.14. The van der Waals surface area contributed by atoms with E-state index in [1.54, 1.807) is 134 Å². The molecular formula is C71H94N4+4. The monoisotopic (exact) mass is 1020 g/mol. The molecule has 394 valence electrons. The van der Waals surface area contributed by atoms with Crippen molar-refractivity contribution in [3.8, 4) is 45.0 Å². The van der Waals surface area contributed by atoms with Crippen LogP contribution in [0.1, 0.15) is 191 Å². The van der Waals surface area contributed by atoms with Gasteiger partial charge in [0.15, 0.2) is 24.8 Å². The number of nitrogens with zero attached hydrogens (tertiary/aromatic N) is 4. The molecule has 4 heterocycles. The number of hydrogen-bond acceptors (Lipinski definition) is 0. The molecule has 4 nitrogen and oxygen atoms in total. The van der Waals surface area contributed by atoms with E-state index in [0.29, 0.717) is 50.4 Å². The highest BCUT2D eigenvalue weighted by atomic mass is 14.9. The Bertz CT molecular complexity index is 4050. The van der Waals surface area contributed by atoms with E-state index in [-0.39, 0.29) is 0 Å². The number of aryl methyl sites for hydroxylation is 15. The zero-order chi connectivity index (χ0) is 73.5. The van der Waals surface area contributed by atoms with Crippen LogP contribution in [0.15, 0.2) is 128 Å². The summed E-state index contributed by atoms with van der Waals surface area (Å²) in [5.41, 5.74) is 19.2. The zero-order valence-corrected chi connectivity index (χ0v) is 47.5. The predicted molar refractivity (Wildman–Crippen MR) is 321 cm³/mol. The third kappa shape index (κ3) is 15.1. The fraction of sp³-hybridized carbons (Fsp3) is 0.380. The highest BCUT2D eigenvalue weighted by Gasteiger charge is 2.19.